The Morgan fingerprint density at radius 2 is 2.44 bits per heavy atom. The Bertz CT molecular complexity index is 212. The summed E-state index contributed by atoms with van der Waals surface area (Å²) in [5.41, 5.74) is 0. The molecular formula is C13H24N2O. The van der Waals surface area contributed by atoms with Gasteiger partial charge in [0.15, 0.2) is 0 Å². The van der Waals surface area contributed by atoms with Gasteiger partial charge in [0.05, 0.1) is 6.61 Å². The summed E-state index contributed by atoms with van der Waals surface area (Å²) in [7, 11) is 1.74. The highest BCUT2D eigenvalue weighted by Gasteiger charge is 2.18. The topological polar surface area (TPSA) is 24.5 Å². The molecule has 0 aromatic rings. The van der Waals surface area contributed by atoms with Gasteiger partial charge in [0, 0.05) is 33.2 Å². The summed E-state index contributed by atoms with van der Waals surface area (Å²) in [5.74, 6) is 3.50. The molecule has 3 heteroatoms. The maximum Gasteiger partial charge on any atom is 0.0587 e. The summed E-state index contributed by atoms with van der Waals surface area (Å²) in [6.45, 7) is 6.34. The van der Waals surface area contributed by atoms with E-state index in [1.807, 2.05) is 0 Å². The Hall–Kier alpha value is -0.560. The highest BCUT2D eigenvalue weighted by molar-refractivity contribution is 4.86. The van der Waals surface area contributed by atoms with Crippen molar-refractivity contribution in [3.63, 3.8) is 0 Å². The predicted octanol–water partition coefficient (Wildman–Crippen LogP) is 0.958. The average Bonchev–Trinajstić information content (AvgIpc) is 2.33. The van der Waals surface area contributed by atoms with Gasteiger partial charge in [0.25, 0.3) is 0 Å². The Morgan fingerprint density at radius 1 is 1.56 bits per heavy atom. The molecule has 1 unspecified atom stereocenters. The van der Waals surface area contributed by atoms with Gasteiger partial charge in [-0.3, -0.25) is 0 Å². The minimum Gasteiger partial charge on any atom is -0.383 e. The second-order valence-electron chi connectivity index (χ2n) is 4.46. The van der Waals surface area contributed by atoms with E-state index < -0.39 is 0 Å². The van der Waals surface area contributed by atoms with Crippen LogP contribution in [0.15, 0.2) is 0 Å². The Morgan fingerprint density at radius 3 is 3.19 bits per heavy atom. The molecule has 0 radical (unpaired) electrons. The number of methoxy groups -OCH3 is 1. The number of hydrogen-bond acceptors (Lipinski definition) is 3. The Kier molecular flexibility index (Phi) is 7.24. The Labute approximate surface area is 99.5 Å². The van der Waals surface area contributed by atoms with E-state index in [2.05, 4.69) is 16.1 Å². The van der Waals surface area contributed by atoms with Crippen LogP contribution in [0.2, 0.25) is 0 Å². The number of rotatable bonds is 7. The number of hydrogen-bond donors (Lipinski definition) is 1. The van der Waals surface area contributed by atoms with Crippen LogP contribution in [0.5, 0.6) is 0 Å². The summed E-state index contributed by atoms with van der Waals surface area (Å²) in [5, 5.41) is 3.44. The lowest BCUT2D eigenvalue weighted by molar-refractivity contribution is 0.167. The largest absolute Gasteiger partial charge is 0.383 e. The maximum absolute atomic E-state index is 5.29. The smallest absolute Gasteiger partial charge is 0.0587 e. The molecule has 0 aromatic carbocycles. The van der Waals surface area contributed by atoms with Gasteiger partial charge in [-0.1, -0.05) is 0 Å². The molecule has 1 saturated heterocycles. The van der Waals surface area contributed by atoms with Crippen molar-refractivity contribution >= 4 is 0 Å². The quantitative estimate of drug-likeness (QED) is 0.515. The van der Waals surface area contributed by atoms with Crippen LogP contribution in [-0.2, 0) is 4.74 Å². The van der Waals surface area contributed by atoms with Crippen molar-refractivity contribution in [2.45, 2.75) is 19.3 Å². The van der Waals surface area contributed by atoms with E-state index >= 15 is 0 Å². The molecule has 0 bridgehead atoms. The van der Waals surface area contributed by atoms with Gasteiger partial charge in [0.2, 0.25) is 0 Å². The number of piperidine rings is 1. The molecule has 0 spiro atoms. The van der Waals surface area contributed by atoms with Crippen molar-refractivity contribution in [1.82, 2.24) is 10.2 Å². The van der Waals surface area contributed by atoms with Crippen LogP contribution in [0.3, 0.4) is 0 Å². The zero-order chi connectivity index (χ0) is 11.6. The first kappa shape index (κ1) is 13.5. The molecule has 1 heterocycles. The normalized spacial score (nSPS) is 21.9. The summed E-state index contributed by atoms with van der Waals surface area (Å²) in [6.07, 6.45) is 8.82. The molecule has 1 rings (SSSR count). The van der Waals surface area contributed by atoms with Gasteiger partial charge in [-0.15, -0.1) is 12.3 Å². The van der Waals surface area contributed by atoms with Crippen LogP contribution in [0.25, 0.3) is 0 Å². The molecule has 16 heavy (non-hydrogen) atoms. The van der Waals surface area contributed by atoms with E-state index in [-0.39, 0.29) is 0 Å². The minimum absolute atomic E-state index is 0.781. The van der Waals surface area contributed by atoms with Crippen molar-refractivity contribution in [3.05, 3.63) is 0 Å². The van der Waals surface area contributed by atoms with Crippen molar-refractivity contribution in [2.24, 2.45) is 5.92 Å². The minimum atomic E-state index is 0.781. The third kappa shape index (κ3) is 5.50. The van der Waals surface area contributed by atoms with Crippen molar-refractivity contribution in [2.75, 3.05) is 46.4 Å². The predicted molar refractivity (Wildman–Crippen MR) is 67.4 cm³/mol. The molecule has 1 aliphatic heterocycles. The van der Waals surface area contributed by atoms with E-state index in [1.165, 1.54) is 25.9 Å². The Balaban J connectivity index is 2.10. The van der Waals surface area contributed by atoms with Gasteiger partial charge in [-0.25, -0.2) is 0 Å². The maximum atomic E-state index is 5.29. The first-order valence-corrected chi connectivity index (χ1v) is 6.22. The number of ether oxygens (including phenoxy) is 1. The monoisotopic (exact) mass is 224 g/mol. The molecule has 1 N–H and O–H groups in total. The summed E-state index contributed by atoms with van der Waals surface area (Å²) >= 11 is 0. The average molecular weight is 224 g/mol. The second kappa shape index (κ2) is 8.58. The van der Waals surface area contributed by atoms with Gasteiger partial charge in [-0.05, 0) is 31.8 Å². The molecule has 92 valence electrons. The highest BCUT2D eigenvalue weighted by atomic mass is 16.5. The lowest BCUT2D eigenvalue weighted by atomic mass is 9.98. The number of nitrogens with zero attached hydrogens (tertiary/aromatic N) is 1. The zero-order valence-corrected chi connectivity index (χ0v) is 10.4. The van der Waals surface area contributed by atoms with Crippen LogP contribution in [0.4, 0.5) is 0 Å². The SMILES string of the molecule is C#CCCN1CCCC(CNCCOC)C1. The van der Waals surface area contributed by atoms with Crippen molar-refractivity contribution in [1.29, 1.82) is 0 Å². The second-order valence-corrected chi connectivity index (χ2v) is 4.46. The first-order chi connectivity index (χ1) is 7.86. The van der Waals surface area contributed by atoms with Crippen LogP contribution < -0.4 is 5.32 Å². The van der Waals surface area contributed by atoms with Gasteiger partial charge in [-0.2, -0.15) is 0 Å². The van der Waals surface area contributed by atoms with Crippen molar-refractivity contribution in [3.8, 4) is 12.3 Å². The molecule has 1 aliphatic rings. The molecule has 0 amide bonds. The third-order valence-electron chi connectivity index (χ3n) is 3.09. The van der Waals surface area contributed by atoms with Crippen LogP contribution >= 0.6 is 0 Å². The van der Waals surface area contributed by atoms with Crippen LogP contribution in [0, 0.1) is 18.3 Å². The summed E-state index contributed by atoms with van der Waals surface area (Å²) in [4.78, 5) is 2.49. The number of nitrogens with one attached hydrogen (secondary N) is 1. The van der Waals surface area contributed by atoms with E-state index in [1.54, 1.807) is 7.11 Å². The number of terminal acetylenes is 1. The summed E-state index contributed by atoms with van der Waals surface area (Å²) in [6, 6.07) is 0. The van der Waals surface area contributed by atoms with E-state index in [4.69, 9.17) is 11.2 Å². The van der Waals surface area contributed by atoms with Crippen LogP contribution in [-0.4, -0.2) is 51.3 Å². The molecule has 0 saturated carbocycles. The fraction of sp³-hybridized carbons (Fsp3) is 0.846. The fourth-order valence-corrected chi connectivity index (χ4v) is 2.22. The van der Waals surface area contributed by atoms with E-state index in [0.29, 0.717) is 0 Å². The molecule has 3 nitrogen and oxygen atoms in total. The fourth-order valence-electron chi connectivity index (χ4n) is 2.22. The molecular weight excluding hydrogens is 200 g/mol. The number of likely N-dealkylation sites (tertiary alicyclic amines) is 1. The lowest BCUT2D eigenvalue weighted by Gasteiger charge is -2.32. The molecule has 1 atom stereocenters. The first-order valence-electron chi connectivity index (χ1n) is 6.22. The summed E-state index contributed by atoms with van der Waals surface area (Å²) < 4.78 is 5.01. The lowest BCUT2D eigenvalue weighted by Crippen LogP contribution is -2.40. The van der Waals surface area contributed by atoms with Gasteiger partial charge in [0.1, 0.15) is 0 Å². The van der Waals surface area contributed by atoms with Crippen LogP contribution in [0.1, 0.15) is 19.3 Å². The molecule has 0 aliphatic carbocycles. The van der Waals surface area contributed by atoms with Crippen molar-refractivity contribution < 1.29 is 4.74 Å². The zero-order valence-electron chi connectivity index (χ0n) is 10.4. The highest BCUT2D eigenvalue weighted by Crippen LogP contribution is 2.15. The van der Waals surface area contributed by atoms with E-state index in [0.717, 1.165) is 38.6 Å². The van der Waals surface area contributed by atoms with Gasteiger partial charge >= 0.3 is 0 Å². The molecule has 1 fully saturated rings. The molecule has 0 aromatic heterocycles. The van der Waals surface area contributed by atoms with Gasteiger partial charge < -0.3 is 15.0 Å². The third-order valence-corrected chi connectivity index (χ3v) is 3.09. The van der Waals surface area contributed by atoms with E-state index in [9.17, 15) is 0 Å². The standard InChI is InChI=1S/C13H24N2O/c1-3-4-8-15-9-5-6-13(12-15)11-14-7-10-16-2/h1,13-14H,4-12H2,2H3.